The average molecular weight is 348 g/mol. The van der Waals surface area contributed by atoms with E-state index in [0.29, 0.717) is 0 Å². The average Bonchev–Trinajstić information content (AvgIpc) is 2.41. The molecule has 3 nitrogen and oxygen atoms in total. The van der Waals surface area contributed by atoms with E-state index in [1.165, 1.54) is 5.56 Å². The first kappa shape index (κ1) is 15.6. The number of aryl methyl sites for hydroxylation is 2. The molecule has 0 aliphatic heterocycles. The Kier molecular flexibility index (Phi) is 5.02. The Morgan fingerprint density at radius 2 is 1.95 bits per heavy atom. The van der Waals surface area contributed by atoms with Crippen LogP contribution in [0.4, 0.5) is 5.69 Å². The molecule has 0 bridgehead atoms. The van der Waals surface area contributed by atoms with Gasteiger partial charge in [-0.25, -0.2) is 0 Å². The van der Waals surface area contributed by atoms with Gasteiger partial charge in [0.15, 0.2) is 6.10 Å². The summed E-state index contributed by atoms with van der Waals surface area (Å²) in [7, 11) is 0. The summed E-state index contributed by atoms with van der Waals surface area (Å²) in [4.78, 5) is 12.2. The quantitative estimate of drug-likeness (QED) is 0.885. The monoisotopic (exact) mass is 347 g/mol. The van der Waals surface area contributed by atoms with Crippen LogP contribution in [0.3, 0.4) is 0 Å². The third-order valence-corrected chi connectivity index (χ3v) is 3.59. The first-order valence-electron chi connectivity index (χ1n) is 6.76. The van der Waals surface area contributed by atoms with Gasteiger partial charge < -0.3 is 10.1 Å². The van der Waals surface area contributed by atoms with Crippen molar-refractivity contribution in [1.29, 1.82) is 0 Å². The third-order valence-electron chi connectivity index (χ3n) is 3.10. The maximum atomic E-state index is 12.2. The molecular weight excluding hydrogens is 330 g/mol. The van der Waals surface area contributed by atoms with E-state index in [1.807, 2.05) is 56.3 Å². The van der Waals surface area contributed by atoms with Crippen LogP contribution in [0.25, 0.3) is 0 Å². The lowest BCUT2D eigenvalue weighted by molar-refractivity contribution is -0.122. The number of ether oxygens (including phenoxy) is 1. The molecule has 1 atom stereocenters. The summed E-state index contributed by atoms with van der Waals surface area (Å²) in [5.41, 5.74) is 2.94. The maximum absolute atomic E-state index is 12.2. The Balaban J connectivity index is 2.02. The number of benzene rings is 2. The Labute approximate surface area is 133 Å². The molecule has 0 saturated heterocycles. The number of hydrogen-bond donors (Lipinski definition) is 1. The van der Waals surface area contributed by atoms with E-state index in [-0.39, 0.29) is 5.91 Å². The van der Waals surface area contributed by atoms with Crippen LogP contribution in [0.5, 0.6) is 5.75 Å². The molecule has 0 fully saturated rings. The van der Waals surface area contributed by atoms with Gasteiger partial charge in [0, 0.05) is 10.2 Å². The summed E-state index contributed by atoms with van der Waals surface area (Å²) < 4.78 is 6.66. The van der Waals surface area contributed by atoms with Crippen molar-refractivity contribution in [2.24, 2.45) is 0 Å². The molecule has 1 amide bonds. The van der Waals surface area contributed by atoms with Gasteiger partial charge in [-0.2, -0.15) is 0 Å². The number of nitrogens with one attached hydrogen (secondary N) is 1. The van der Waals surface area contributed by atoms with Gasteiger partial charge in [-0.05, 0) is 50.6 Å². The van der Waals surface area contributed by atoms with Crippen LogP contribution < -0.4 is 10.1 Å². The van der Waals surface area contributed by atoms with Crippen molar-refractivity contribution in [3.05, 3.63) is 58.1 Å². The zero-order valence-corrected chi connectivity index (χ0v) is 13.9. The number of carbonyl (C=O) groups excluding carboxylic acids is 1. The van der Waals surface area contributed by atoms with Crippen LogP contribution in [0, 0.1) is 13.8 Å². The first-order valence-corrected chi connectivity index (χ1v) is 7.55. The maximum Gasteiger partial charge on any atom is 0.265 e. The molecule has 2 aromatic carbocycles. The van der Waals surface area contributed by atoms with E-state index in [2.05, 4.69) is 21.2 Å². The van der Waals surface area contributed by atoms with E-state index < -0.39 is 6.10 Å². The molecule has 0 aliphatic rings. The zero-order chi connectivity index (χ0) is 15.4. The number of amides is 1. The Morgan fingerprint density at radius 3 is 2.62 bits per heavy atom. The SMILES string of the molecule is Cc1ccc(O[C@@H](C)C(=O)Nc2cccc(Br)c2)c(C)c1. The van der Waals surface area contributed by atoms with Crippen molar-refractivity contribution in [3.63, 3.8) is 0 Å². The van der Waals surface area contributed by atoms with Crippen molar-refractivity contribution in [3.8, 4) is 5.75 Å². The van der Waals surface area contributed by atoms with Gasteiger partial charge in [-0.1, -0.05) is 39.7 Å². The number of hydrogen-bond acceptors (Lipinski definition) is 2. The van der Waals surface area contributed by atoms with Gasteiger partial charge in [-0.15, -0.1) is 0 Å². The van der Waals surface area contributed by atoms with Crippen LogP contribution in [0.2, 0.25) is 0 Å². The molecule has 0 aliphatic carbocycles. The van der Waals surface area contributed by atoms with Crippen LogP contribution in [0.1, 0.15) is 18.1 Å². The lowest BCUT2D eigenvalue weighted by Gasteiger charge is -2.16. The molecule has 0 saturated carbocycles. The molecule has 2 rings (SSSR count). The van der Waals surface area contributed by atoms with Gasteiger partial charge in [0.2, 0.25) is 0 Å². The highest BCUT2D eigenvalue weighted by atomic mass is 79.9. The van der Waals surface area contributed by atoms with Crippen molar-refractivity contribution < 1.29 is 9.53 Å². The number of anilines is 1. The largest absolute Gasteiger partial charge is 0.481 e. The normalized spacial score (nSPS) is 11.8. The van der Waals surface area contributed by atoms with Crippen LogP contribution in [-0.2, 0) is 4.79 Å². The summed E-state index contributed by atoms with van der Waals surface area (Å²) in [6.45, 7) is 5.74. The van der Waals surface area contributed by atoms with E-state index >= 15 is 0 Å². The van der Waals surface area contributed by atoms with E-state index in [1.54, 1.807) is 6.92 Å². The highest BCUT2D eigenvalue weighted by Crippen LogP contribution is 2.21. The first-order chi connectivity index (χ1) is 9.95. The lowest BCUT2D eigenvalue weighted by Crippen LogP contribution is -2.30. The van der Waals surface area contributed by atoms with Crippen LogP contribution >= 0.6 is 15.9 Å². The van der Waals surface area contributed by atoms with E-state index in [0.717, 1.165) is 21.5 Å². The lowest BCUT2D eigenvalue weighted by atomic mass is 10.1. The Bertz CT molecular complexity index is 655. The van der Waals surface area contributed by atoms with Crippen molar-refractivity contribution in [2.75, 3.05) is 5.32 Å². The van der Waals surface area contributed by atoms with E-state index in [9.17, 15) is 4.79 Å². The number of rotatable bonds is 4. The molecule has 4 heteroatoms. The third kappa shape index (κ3) is 4.33. The Hall–Kier alpha value is -1.81. The molecule has 0 spiro atoms. The second kappa shape index (κ2) is 6.76. The summed E-state index contributed by atoms with van der Waals surface area (Å²) in [5, 5.41) is 2.84. The topological polar surface area (TPSA) is 38.3 Å². The highest BCUT2D eigenvalue weighted by Gasteiger charge is 2.15. The molecule has 2 aromatic rings. The highest BCUT2D eigenvalue weighted by molar-refractivity contribution is 9.10. The minimum atomic E-state index is -0.564. The van der Waals surface area contributed by atoms with Gasteiger partial charge in [0.25, 0.3) is 5.91 Å². The molecule has 0 radical (unpaired) electrons. The minimum Gasteiger partial charge on any atom is -0.481 e. The second-order valence-electron chi connectivity index (χ2n) is 5.03. The predicted octanol–water partition coefficient (Wildman–Crippen LogP) is 4.47. The summed E-state index contributed by atoms with van der Waals surface area (Å²) in [6, 6.07) is 13.4. The molecule has 0 heterocycles. The molecular formula is C17H18BrNO2. The fourth-order valence-electron chi connectivity index (χ4n) is 1.99. The molecule has 0 aromatic heterocycles. The van der Waals surface area contributed by atoms with Gasteiger partial charge in [0.05, 0.1) is 0 Å². The second-order valence-corrected chi connectivity index (χ2v) is 5.94. The molecule has 21 heavy (non-hydrogen) atoms. The standard InChI is InChI=1S/C17H18BrNO2/c1-11-7-8-16(12(2)9-11)21-13(3)17(20)19-15-6-4-5-14(18)10-15/h4-10,13H,1-3H3,(H,19,20)/t13-/m0/s1. The van der Waals surface area contributed by atoms with Crippen LogP contribution in [0.15, 0.2) is 46.9 Å². The number of carbonyl (C=O) groups is 1. The van der Waals surface area contributed by atoms with Crippen LogP contribution in [-0.4, -0.2) is 12.0 Å². The summed E-state index contributed by atoms with van der Waals surface area (Å²) in [6.07, 6.45) is -0.564. The van der Waals surface area contributed by atoms with Crippen molar-refractivity contribution in [1.82, 2.24) is 0 Å². The molecule has 0 unspecified atom stereocenters. The Morgan fingerprint density at radius 1 is 1.19 bits per heavy atom. The fourth-order valence-corrected chi connectivity index (χ4v) is 2.38. The predicted molar refractivity (Wildman–Crippen MR) is 88.8 cm³/mol. The fraction of sp³-hybridized carbons (Fsp3) is 0.235. The summed E-state index contributed by atoms with van der Waals surface area (Å²) in [5.74, 6) is 0.561. The minimum absolute atomic E-state index is 0.173. The summed E-state index contributed by atoms with van der Waals surface area (Å²) >= 11 is 3.38. The molecule has 110 valence electrons. The zero-order valence-electron chi connectivity index (χ0n) is 12.3. The number of halogens is 1. The molecule has 1 N–H and O–H groups in total. The van der Waals surface area contributed by atoms with Gasteiger partial charge in [-0.3, -0.25) is 4.79 Å². The van der Waals surface area contributed by atoms with Crippen molar-refractivity contribution >= 4 is 27.5 Å². The smallest absolute Gasteiger partial charge is 0.265 e. The van der Waals surface area contributed by atoms with Gasteiger partial charge >= 0.3 is 0 Å². The van der Waals surface area contributed by atoms with E-state index in [4.69, 9.17) is 4.74 Å². The van der Waals surface area contributed by atoms with Gasteiger partial charge in [0.1, 0.15) is 5.75 Å². The van der Waals surface area contributed by atoms with Crippen molar-refractivity contribution in [2.45, 2.75) is 26.9 Å².